The number of carbonyl (C=O) groups is 1. The predicted molar refractivity (Wildman–Crippen MR) is 55.6 cm³/mol. The summed E-state index contributed by atoms with van der Waals surface area (Å²) < 4.78 is 5.77. The highest BCUT2D eigenvalue weighted by molar-refractivity contribution is 9.10. The van der Waals surface area contributed by atoms with Crippen molar-refractivity contribution >= 4 is 33.2 Å². The smallest absolute Gasteiger partial charge is 0.204 e. The molecular weight excluding hydrogens is 248 g/mol. The third-order valence-electron chi connectivity index (χ3n) is 1.90. The van der Waals surface area contributed by atoms with Crippen LogP contribution in [-0.4, -0.2) is 6.29 Å². The van der Waals surface area contributed by atoms with Crippen LogP contribution in [0.2, 0.25) is 0 Å². The number of hydrogen-bond acceptors (Lipinski definition) is 3. The third-order valence-corrected chi connectivity index (χ3v) is 2.57. The number of benzene rings is 1. The van der Waals surface area contributed by atoms with Crippen LogP contribution >= 0.6 is 15.9 Å². The minimum atomic E-state index is -0.311. The van der Waals surface area contributed by atoms with E-state index in [1.807, 2.05) is 0 Å². The van der Waals surface area contributed by atoms with Crippen molar-refractivity contribution in [2.24, 2.45) is 0 Å². The summed E-state index contributed by atoms with van der Waals surface area (Å²) >= 11 is 3.24. The Bertz CT molecular complexity index is 557. The van der Waals surface area contributed by atoms with E-state index in [1.54, 1.807) is 18.2 Å². The van der Waals surface area contributed by atoms with E-state index in [-0.39, 0.29) is 11.0 Å². The first-order valence-electron chi connectivity index (χ1n) is 3.89. The molecular formula is C10H5BrO3. The van der Waals surface area contributed by atoms with Crippen LogP contribution in [-0.2, 0) is 0 Å². The molecule has 70 valence electrons. The van der Waals surface area contributed by atoms with Crippen LogP contribution in [0.15, 0.2) is 38.1 Å². The van der Waals surface area contributed by atoms with Gasteiger partial charge in [0.25, 0.3) is 0 Å². The third kappa shape index (κ3) is 1.28. The summed E-state index contributed by atoms with van der Waals surface area (Å²) in [5, 5.41) is 0.400. The molecule has 4 heteroatoms. The molecule has 0 N–H and O–H groups in total. The van der Waals surface area contributed by atoms with Gasteiger partial charge in [-0.3, -0.25) is 9.59 Å². The van der Waals surface area contributed by atoms with Gasteiger partial charge in [0.05, 0.1) is 10.9 Å². The van der Waals surface area contributed by atoms with Gasteiger partial charge in [0.1, 0.15) is 11.8 Å². The fourth-order valence-corrected chi connectivity index (χ4v) is 1.76. The fourth-order valence-electron chi connectivity index (χ4n) is 1.23. The maximum absolute atomic E-state index is 11.7. The highest BCUT2D eigenvalue weighted by Crippen LogP contribution is 2.20. The Balaban J connectivity index is 3.01. The van der Waals surface area contributed by atoms with Crippen molar-refractivity contribution in [2.75, 3.05) is 0 Å². The highest BCUT2D eigenvalue weighted by atomic mass is 79.9. The van der Waals surface area contributed by atoms with Crippen LogP contribution < -0.4 is 5.43 Å². The van der Waals surface area contributed by atoms with Gasteiger partial charge in [-0.05, 0) is 28.1 Å². The molecule has 0 aliphatic heterocycles. The van der Waals surface area contributed by atoms with Gasteiger partial charge < -0.3 is 4.42 Å². The van der Waals surface area contributed by atoms with E-state index in [9.17, 15) is 9.59 Å². The number of rotatable bonds is 1. The van der Waals surface area contributed by atoms with Crippen molar-refractivity contribution in [1.82, 2.24) is 0 Å². The van der Waals surface area contributed by atoms with Crippen molar-refractivity contribution in [3.05, 3.63) is 44.7 Å². The lowest BCUT2D eigenvalue weighted by molar-refractivity contribution is 0.112. The number of fused-ring (bicyclic) bond motifs is 1. The molecule has 1 aromatic heterocycles. The van der Waals surface area contributed by atoms with Gasteiger partial charge in [-0.2, -0.15) is 0 Å². The first-order chi connectivity index (χ1) is 6.74. The van der Waals surface area contributed by atoms with Crippen LogP contribution in [0.3, 0.4) is 0 Å². The van der Waals surface area contributed by atoms with Crippen LogP contribution in [0, 0.1) is 0 Å². The van der Waals surface area contributed by atoms with Crippen LogP contribution in [0.1, 0.15) is 10.4 Å². The molecule has 3 nitrogen and oxygen atoms in total. The van der Waals surface area contributed by atoms with Crippen LogP contribution in [0.4, 0.5) is 0 Å². The Morgan fingerprint density at radius 2 is 2.14 bits per heavy atom. The molecule has 0 saturated carbocycles. The average molecular weight is 253 g/mol. The zero-order chi connectivity index (χ0) is 10.1. The monoisotopic (exact) mass is 252 g/mol. The first-order valence-corrected chi connectivity index (χ1v) is 4.68. The second-order valence-electron chi connectivity index (χ2n) is 2.75. The van der Waals surface area contributed by atoms with Gasteiger partial charge in [-0.25, -0.2) is 0 Å². The van der Waals surface area contributed by atoms with Crippen molar-refractivity contribution in [3.8, 4) is 0 Å². The van der Waals surface area contributed by atoms with Gasteiger partial charge in [0.15, 0.2) is 6.29 Å². The lowest BCUT2D eigenvalue weighted by Gasteiger charge is -1.98. The summed E-state index contributed by atoms with van der Waals surface area (Å²) in [6.07, 6.45) is 1.66. The van der Waals surface area contributed by atoms with Crippen molar-refractivity contribution < 1.29 is 9.21 Å². The molecule has 0 aliphatic rings. The Kier molecular flexibility index (Phi) is 2.21. The number of carbonyl (C=O) groups excluding carboxylic acids is 1. The Morgan fingerprint density at radius 3 is 2.86 bits per heavy atom. The predicted octanol–water partition coefficient (Wildman–Crippen LogP) is 2.37. The lowest BCUT2D eigenvalue weighted by atomic mass is 10.2. The van der Waals surface area contributed by atoms with Crippen LogP contribution in [0.25, 0.3) is 11.0 Å². The molecule has 0 amide bonds. The SMILES string of the molecule is O=Cc1coc2cccc(Br)c2c1=O. The summed E-state index contributed by atoms with van der Waals surface area (Å²) in [6, 6.07) is 5.17. The topological polar surface area (TPSA) is 47.3 Å². The molecule has 0 fully saturated rings. The minimum Gasteiger partial charge on any atom is -0.463 e. The van der Waals surface area contributed by atoms with Crippen LogP contribution in [0.5, 0.6) is 0 Å². The molecule has 0 atom stereocenters. The summed E-state index contributed by atoms with van der Waals surface area (Å²) in [4.78, 5) is 22.2. The average Bonchev–Trinajstić information content (AvgIpc) is 2.18. The van der Waals surface area contributed by atoms with Crippen molar-refractivity contribution in [3.63, 3.8) is 0 Å². The summed E-state index contributed by atoms with van der Waals surface area (Å²) in [5.41, 5.74) is 0.188. The molecule has 1 aromatic carbocycles. The van der Waals surface area contributed by atoms with E-state index in [4.69, 9.17) is 4.42 Å². The van der Waals surface area contributed by atoms with E-state index >= 15 is 0 Å². The molecule has 0 radical (unpaired) electrons. The van der Waals surface area contributed by atoms with Gasteiger partial charge in [0.2, 0.25) is 5.43 Å². The second kappa shape index (κ2) is 3.38. The zero-order valence-electron chi connectivity index (χ0n) is 6.99. The first kappa shape index (κ1) is 9.15. The number of halogens is 1. The number of aldehydes is 1. The fraction of sp³-hybridized carbons (Fsp3) is 0. The lowest BCUT2D eigenvalue weighted by Crippen LogP contribution is -2.07. The van der Waals surface area contributed by atoms with E-state index in [0.717, 1.165) is 0 Å². The highest BCUT2D eigenvalue weighted by Gasteiger charge is 2.08. The molecule has 14 heavy (non-hydrogen) atoms. The molecule has 0 bridgehead atoms. The van der Waals surface area contributed by atoms with E-state index < -0.39 is 0 Å². The van der Waals surface area contributed by atoms with Crippen molar-refractivity contribution in [2.45, 2.75) is 0 Å². The molecule has 2 aromatic rings. The number of hydrogen-bond donors (Lipinski definition) is 0. The zero-order valence-corrected chi connectivity index (χ0v) is 8.58. The van der Waals surface area contributed by atoms with Gasteiger partial charge in [0, 0.05) is 4.47 Å². The van der Waals surface area contributed by atoms with Crippen molar-refractivity contribution in [1.29, 1.82) is 0 Å². The maximum atomic E-state index is 11.7. The minimum absolute atomic E-state index is 0.0319. The molecule has 0 unspecified atom stereocenters. The van der Waals surface area contributed by atoms with E-state index in [0.29, 0.717) is 21.7 Å². The molecule has 0 aliphatic carbocycles. The summed E-state index contributed by atoms with van der Waals surface area (Å²) in [6.45, 7) is 0. The van der Waals surface area contributed by atoms with Gasteiger partial charge in [-0.15, -0.1) is 0 Å². The van der Waals surface area contributed by atoms with E-state index in [2.05, 4.69) is 15.9 Å². The summed E-state index contributed by atoms with van der Waals surface area (Å²) in [7, 11) is 0. The van der Waals surface area contributed by atoms with Gasteiger partial charge in [-0.1, -0.05) is 6.07 Å². The maximum Gasteiger partial charge on any atom is 0.204 e. The normalized spacial score (nSPS) is 10.4. The van der Waals surface area contributed by atoms with Gasteiger partial charge >= 0.3 is 0 Å². The largest absolute Gasteiger partial charge is 0.463 e. The Morgan fingerprint density at radius 1 is 1.36 bits per heavy atom. The Labute approximate surface area is 87.5 Å². The van der Waals surface area contributed by atoms with E-state index in [1.165, 1.54) is 6.26 Å². The second-order valence-corrected chi connectivity index (χ2v) is 3.61. The molecule has 2 rings (SSSR count). The molecule has 0 saturated heterocycles. The Hall–Kier alpha value is -1.42. The molecule has 0 spiro atoms. The molecule has 1 heterocycles. The summed E-state index contributed by atoms with van der Waals surface area (Å²) in [5.74, 6) is 0. The standard InChI is InChI=1S/C10H5BrO3/c11-7-2-1-3-8-9(7)10(13)6(4-12)5-14-8/h1-5H. The quantitative estimate of drug-likeness (QED) is 0.733.